The Bertz CT molecular complexity index is 1060. The maximum atomic E-state index is 12.5. The molecule has 422 valence electrons. The Morgan fingerprint density at radius 3 is 1.00 bits per heavy atom. The summed E-state index contributed by atoms with van der Waals surface area (Å²) in [4.78, 5) is 24.5. The van der Waals surface area contributed by atoms with Gasteiger partial charge in [0, 0.05) is 12.8 Å². The number of hydrogen-bond donors (Lipinski definition) is 3. The second-order valence-corrected chi connectivity index (χ2v) is 22.5. The molecule has 0 aliphatic carbocycles. The van der Waals surface area contributed by atoms with E-state index in [-0.39, 0.29) is 18.5 Å². The molecule has 0 aromatic rings. The molecule has 6 heteroatoms. The molecule has 2 atom stereocenters. The number of ether oxygens (including phenoxy) is 1. The first kappa shape index (κ1) is 69.6. The van der Waals surface area contributed by atoms with Crippen molar-refractivity contribution in [1.82, 2.24) is 5.32 Å². The molecule has 0 aromatic carbocycles. The summed E-state index contributed by atoms with van der Waals surface area (Å²) < 4.78 is 5.47. The Kier molecular flexibility index (Phi) is 59.9. The smallest absolute Gasteiger partial charge is 0.305 e. The third kappa shape index (κ3) is 57.7. The highest BCUT2D eigenvalue weighted by molar-refractivity contribution is 5.76. The van der Waals surface area contributed by atoms with Crippen molar-refractivity contribution in [3.05, 3.63) is 12.2 Å². The number of rotatable bonds is 61. The van der Waals surface area contributed by atoms with Gasteiger partial charge in [0.1, 0.15) is 0 Å². The molecule has 0 fully saturated rings. The first-order valence-corrected chi connectivity index (χ1v) is 32.4. The molecule has 2 unspecified atom stereocenters. The Labute approximate surface area is 444 Å². The summed E-state index contributed by atoms with van der Waals surface area (Å²) in [5.41, 5.74) is 0. The van der Waals surface area contributed by atoms with Crippen molar-refractivity contribution in [3.63, 3.8) is 0 Å². The van der Waals surface area contributed by atoms with E-state index in [4.69, 9.17) is 4.74 Å². The minimum absolute atomic E-state index is 0.0168. The zero-order valence-electron chi connectivity index (χ0n) is 48.2. The first-order chi connectivity index (χ1) is 35.0. The van der Waals surface area contributed by atoms with Crippen LogP contribution in [-0.2, 0) is 14.3 Å². The van der Waals surface area contributed by atoms with E-state index in [9.17, 15) is 19.8 Å². The second kappa shape index (κ2) is 61.1. The van der Waals surface area contributed by atoms with Crippen LogP contribution in [0.4, 0.5) is 0 Å². The summed E-state index contributed by atoms with van der Waals surface area (Å²) >= 11 is 0. The van der Waals surface area contributed by atoms with E-state index < -0.39 is 12.1 Å². The highest BCUT2D eigenvalue weighted by Crippen LogP contribution is 2.18. The molecular weight excluding hydrogens is 875 g/mol. The topological polar surface area (TPSA) is 95.9 Å². The average molecular weight is 1000 g/mol. The van der Waals surface area contributed by atoms with Gasteiger partial charge < -0.3 is 20.3 Å². The van der Waals surface area contributed by atoms with E-state index in [2.05, 4.69) is 31.3 Å². The fourth-order valence-corrected chi connectivity index (χ4v) is 10.3. The number of aliphatic hydroxyl groups is 2. The molecule has 1 amide bonds. The van der Waals surface area contributed by atoms with Gasteiger partial charge in [-0.15, -0.1) is 0 Å². The molecule has 0 heterocycles. The summed E-state index contributed by atoms with van der Waals surface area (Å²) in [6, 6.07) is -0.539. The minimum Gasteiger partial charge on any atom is -0.466 e. The quantitative estimate of drug-likeness (QED) is 0.0320. The van der Waals surface area contributed by atoms with Crippen LogP contribution in [0.2, 0.25) is 0 Å². The van der Waals surface area contributed by atoms with Crippen LogP contribution in [0.25, 0.3) is 0 Å². The van der Waals surface area contributed by atoms with Crippen LogP contribution < -0.4 is 5.32 Å². The maximum absolute atomic E-state index is 12.5. The third-order valence-corrected chi connectivity index (χ3v) is 15.3. The van der Waals surface area contributed by atoms with Gasteiger partial charge >= 0.3 is 5.97 Å². The van der Waals surface area contributed by atoms with Crippen LogP contribution >= 0.6 is 0 Å². The molecule has 6 nitrogen and oxygen atoms in total. The molecule has 3 N–H and O–H groups in total. The van der Waals surface area contributed by atoms with Gasteiger partial charge in [0.2, 0.25) is 5.91 Å². The highest BCUT2D eigenvalue weighted by atomic mass is 16.5. The number of unbranched alkanes of at least 4 members (excludes halogenated alkanes) is 48. The number of carbonyl (C=O) groups is 2. The molecule has 0 saturated carbocycles. The number of amides is 1. The summed E-state index contributed by atoms with van der Waals surface area (Å²) in [7, 11) is 0. The van der Waals surface area contributed by atoms with Crippen molar-refractivity contribution >= 4 is 11.9 Å². The van der Waals surface area contributed by atoms with Crippen LogP contribution in [0.3, 0.4) is 0 Å². The van der Waals surface area contributed by atoms with E-state index in [1.807, 2.05) is 0 Å². The number of allylic oxidation sites excluding steroid dienone is 2. The van der Waals surface area contributed by atoms with Crippen LogP contribution in [0.15, 0.2) is 12.2 Å². The lowest BCUT2D eigenvalue weighted by molar-refractivity contribution is -0.143. The molecule has 71 heavy (non-hydrogen) atoms. The molecule has 0 radical (unpaired) electrons. The average Bonchev–Trinajstić information content (AvgIpc) is 3.37. The predicted octanol–water partition coefficient (Wildman–Crippen LogP) is 20.4. The van der Waals surface area contributed by atoms with E-state index in [1.54, 1.807) is 0 Å². The first-order valence-electron chi connectivity index (χ1n) is 32.4. The molecule has 0 saturated heterocycles. The Morgan fingerprint density at radius 2 is 0.662 bits per heavy atom. The molecule has 0 spiro atoms. The fourth-order valence-electron chi connectivity index (χ4n) is 10.3. The summed E-state index contributed by atoms with van der Waals surface area (Å²) in [6.07, 6.45) is 73.8. The third-order valence-electron chi connectivity index (χ3n) is 15.3. The van der Waals surface area contributed by atoms with Crippen molar-refractivity contribution in [1.29, 1.82) is 0 Å². The standard InChI is InChI=1S/C65H127NO5/c1-3-5-7-9-11-13-15-16-34-38-41-45-49-53-57-63(68)62(61-67)66-64(69)58-54-50-46-42-39-35-32-30-28-26-24-22-20-18-17-19-21-23-25-27-29-31-33-36-40-44-48-52-56-60-71-65(70)59-55-51-47-43-37-14-12-10-8-6-4-2/h17,19,62-63,67-68H,3-16,18,20-61H2,1-2H3,(H,66,69)/b19-17-. The van der Waals surface area contributed by atoms with Crippen molar-refractivity contribution in [3.8, 4) is 0 Å². The molecule has 0 rings (SSSR count). The summed E-state index contributed by atoms with van der Waals surface area (Å²) in [5.74, 6) is -0.0150. The van der Waals surface area contributed by atoms with Gasteiger partial charge in [0.25, 0.3) is 0 Å². The van der Waals surface area contributed by atoms with Crippen LogP contribution in [0, 0.1) is 0 Å². The van der Waals surface area contributed by atoms with E-state index >= 15 is 0 Å². The predicted molar refractivity (Wildman–Crippen MR) is 310 cm³/mol. The lowest BCUT2D eigenvalue weighted by atomic mass is 10.0. The minimum atomic E-state index is -0.662. The van der Waals surface area contributed by atoms with Crippen LogP contribution in [0.5, 0.6) is 0 Å². The number of nitrogens with one attached hydrogen (secondary N) is 1. The molecule has 0 bridgehead atoms. The molecule has 0 aromatic heterocycles. The number of esters is 1. The van der Waals surface area contributed by atoms with Gasteiger partial charge in [-0.1, -0.05) is 315 Å². The lowest BCUT2D eigenvalue weighted by Crippen LogP contribution is -2.45. The van der Waals surface area contributed by atoms with Gasteiger partial charge in [-0.3, -0.25) is 9.59 Å². The maximum Gasteiger partial charge on any atom is 0.305 e. The van der Waals surface area contributed by atoms with Crippen LogP contribution in [-0.4, -0.2) is 47.4 Å². The molecule has 0 aliphatic rings. The van der Waals surface area contributed by atoms with E-state index in [0.29, 0.717) is 25.9 Å². The molecule has 0 aliphatic heterocycles. The lowest BCUT2D eigenvalue weighted by Gasteiger charge is -2.22. The SMILES string of the molecule is CCCCCCCCCCCCCCCCC(O)C(CO)NC(=O)CCCCCCCCCCCCCCC/C=C\CCCCCCCCCCCCCCOC(=O)CCCCCCCCCCCCC. The monoisotopic (exact) mass is 1000 g/mol. The van der Waals surface area contributed by atoms with Crippen molar-refractivity contribution < 1.29 is 24.5 Å². The zero-order chi connectivity index (χ0) is 51.4. The Morgan fingerprint density at radius 1 is 0.380 bits per heavy atom. The zero-order valence-corrected chi connectivity index (χ0v) is 48.2. The normalized spacial score (nSPS) is 12.6. The number of aliphatic hydroxyl groups excluding tert-OH is 2. The summed E-state index contributed by atoms with van der Waals surface area (Å²) in [5, 5.41) is 23.3. The fraction of sp³-hybridized carbons (Fsp3) is 0.938. The van der Waals surface area contributed by atoms with Gasteiger partial charge in [-0.2, -0.15) is 0 Å². The largest absolute Gasteiger partial charge is 0.466 e. The van der Waals surface area contributed by atoms with Crippen LogP contribution in [0.1, 0.15) is 367 Å². The van der Waals surface area contributed by atoms with Gasteiger partial charge in [-0.25, -0.2) is 0 Å². The Balaban J connectivity index is 3.36. The van der Waals surface area contributed by atoms with Gasteiger partial charge in [0.15, 0.2) is 0 Å². The van der Waals surface area contributed by atoms with Crippen molar-refractivity contribution in [2.75, 3.05) is 13.2 Å². The van der Waals surface area contributed by atoms with Crippen molar-refractivity contribution in [2.45, 2.75) is 379 Å². The number of carbonyl (C=O) groups excluding carboxylic acids is 2. The highest BCUT2D eigenvalue weighted by Gasteiger charge is 2.20. The van der Waals surface area contributed by atoms with Gasteiger partial charge in [0.05, 0.1) is 25.4 Å². The Hall–Kier alpha value is -1.40. The van der Waals surface area contributed by atoms with E-state index in [1.165, 1.54) is 295 Å². The number of hydrogen-bond acceptors (Lipinski definition) is 5. The second-order valence-electron chi connectivity index (χ2n) is 22.5. The van der Waals surface area contributed by atoms with Gasteiger partial charge in [-0.05, 0) is 51.4 Å². The summed E-state index contributed by atoms with van der Waals surface area (Å²) in [6.45, 7) is 4.98. The molecular formula is C65H127NO5. The van der Waals surface area contributed by atoms with Crippen molar-refractivity contribution in [2.24, 2.45) is 0 Å². The van der Waals surface area contributed by atoms with E-state index in [0.717, 1.165) is 38.5 Å².